The lowest BCUT2D eigenvalue weighted by Gasteiger charge is -2.47. The minimum absolute atomic E-state index is 0.0219. The molecule has 8 nitrogen and oxygen atoms in total. The van der Waals surface area contributed by atoms with Crippen LogP contribution in [0.2, 0.25) is 5.02 Å². The Morgan fingerprint density at radius 3 is 2.77 bits per heavy atom. The molecule has 1 aliphatic carbocycles. The van der Waals surface area contributed by atoms with E-state index in [4.69, 9.17) is 30.2 Å². The molecule has 0 radical (unpaired) electrons. The van der Waals surface area contributed by atoms with Crippen molar-refractivity contribution in [3.8, 4) is 17.2 Å². The van der Waals surface area contributed by atoms with Gasteiger partial charge >= 0.3 is 5.63 Å². The molecule has 1 amide bonds. The molecule has 2 aliphatic heterocycles. The molecule has 1 saturated heterocycles. The van der Waals surface area contributed by atoms with E-state index in [0.717, 1.165) is 42.2 Å². The van der Waals surface area contributed by atoms with Crippen molar-refractivity contribution in [1.29, 1.82) is 0 Å². The lowest BCUT2D eigenvalue weighted by Crippen LogP contribution is -2.54. The van der Waals surface area contributed by atoms with E-state index in [-0.39, 0.29) is 31.6 Å². The third-order valence-electron chi connectivity index (χ3n) is 8.95. The summed E-state index contributed by atoms with van der Waals surface area (Å²) in [5.74, 6) is 1.99. The molecule has 3 heterocycles. The highest BCUT2D eigenvalue weighted by Crippen LogP contribution is 2.40. The van der Waals surface area contributed by atoms with Gasteiger partial charge in [-0.05, 0) is 63.3 Å². The predicted octanol–water partition coefficient (Wildman–Crippen LogP) is 5.46. The van der Waals surface area contributed by atoms with Crippen molar-refractivity contribution in [3.63, 3.8) is 0 Å². The molecule has 2 aromatic carbocycles. The van der Waals surface area contributed by atoms with Gasteiger partial charge in [-0.3, -0.25) is 4.79 Å². The standard InChI is InChI=1S/C31H34ClNO7/c1-18-22-6-8-25(37-16-20-13-26-27(14-24(20)32)39-17-38-26)19(2)29(22)40-30(35)23(18)7-9-28(34)33-12-11-31(36)10-4-3-5-21(31)15-33/h6,8,13-14,21,36H,3-5,7,9-12,15-17H2,1-2H3/t21-,31-/m0/s1. The van der Waals surface area contributed by atoms with Crippen LogP contribution in [0.3, 0.4) is 0 Å². The van der Waals surface area contributed by atoms with E-state index in [2.05, 4.69) is 0 Å². The number of nitrogens with zero attached hydrogens (tertiary/aromatic N) is 1. The van der Waals surface area contributed by atoms with Gasteiger partial charge in [0.2, 0.25) is 12.7 Å². The molecule has 0 spiro atoms. The van der Waals surface area contributed by atoms with Crippen molar-refractivity contribution in [1.82, 2.24) is 4.90 Å². The van der Waals surface area contributed by atoms with Crippen molar-refractivity contribution < 1.29 is 28.5 Å². The van der Waals surface area contributed by atoms with E-state index in [9.17, 15) is 14.7 Å². The number of fused-ring (bicyclic) bond motifs is 3. The fourth-order valence-electron chi connectivity index (χ4n) is 6.43. The molecular formula is C31H34ClNO7. The monoisotopic (exact) mass is 567 g/mol. The Morgan fingerprint density at radius 1 is 1.15 bits per heavy atom. The number of likely N-dealkylation sites (tertiary alicyclic amines) is 1. The maximum atomic E-state index is 13.1. The summed E-state index contributed by atoms with van der Waals surface area (Å²) in [7, 11) is 0. The van der Waals surface area contributed by atoms with Gasteiger partial charge in [0.25, 0.3) is 0 Å². The van der Waals surface area contributed by atoms with Crippen LogP contribution in [0, 0.1) is 19.8 Å². The number of aliphatic hydroxyl groups is 1. The molecule has 1 N–H and O–H groups in total. The van der Waals surface area contributed by atoms with E-state index in [0.29, 0.717) is 64.9 Å². The van der Waals surface area contributed by atoms with Crippen LogP contribution in [0.4, 0.5) is 0 Å². The van der Waals surface area contributed by atoms with Crippen LogP contribution in [-0.2, 0) is 17.8 Å². The van der Waals surface area contributed by atoms with E-state index in [1.807, 2.05) is 30.9 Å². The molecule has 0 bridgehead atoms. The second-order valence-electron chi connectivity index (χ2n) is 11.3. The molecule has 1 aromatic heterocycles. The Kier molecular flexibility index (Phi) is 7.17. The molecule has 6 rings (SSSR count). The number of hydrogen-bond acceptors (Lipinski definition) is 7. The number of halogens is 1. The minimum atomic E-state index is -0.623. The van der Waals surface area contributed by atoms with Crippen LogP contribution in [0.15, 0.2) is 33.5 Å². The van der Waals surface area contributed by atoms with E-state index >= 15 is 0 Å². The second kappa shape index (κ2) is 10.6. The van der Waals surface area contributed by atoms with Crippen molar-refractivity contribution in [2.75, 3.05) is 19.9 Å². The summed E-state index contributed by atoms with van der Waals surface area (Å²) in [6.07, 6.45) is 5.12. The Labute approximate surface area is 237 Å². The fourth-order valence-corrected chi connectivity index (χ4v) is 6.64. The van der Waals surface area contributed by atoms with Crippen LogP contribution < -0.4 is 19.8 Å². The molecule has 212 valence electrons. The summed E-state index contributed by atoms with van der Waals surface area (Å²) >= 11 is 6.39. The first-order valence-electron chi connectivity index (χ1n) is 14.0. The van der Waals surface area contributed by atoms with E-state index < -0.39 is 11.2 Å². The van der Waals surface area contributed by atoms with Gasteiger partial charge in [-0.25, -0.2) is 4.79 Å². The first-order valence-corrected chi connectivity index (χ1v) is 14.4. The van der Waals surface area contributed by atoms with Gasteiger partial charge in [0.15, 0.2) is 11.5 Å². The average molecular weight is 568 g/mol. The summed E-state index contributed by atoms with van der Waals surface area (Å²) in [6.45, 7) is 5.29. The predicted molar refractivity (Wildman–Crippen MR) is 150 cm³/mol. The lowest BCUT2D eigenvalue weighted by atomic mass is 9.71. The van der Waals surface area contributed by atoms with Crippen molar-refractivity contribution in [3.05, 3.63) is 62.0 Å². The van der Waals surface area contributed by atoms with Gasteiger partial charge in [-0.15, -0.1) is 0 Å². The number of rotatable bonds is 6. The normalized spacial score (nSPS) is 21.9. The smallest absolute Gasteiger partial charge is 0.339 e. The van der Waals surface area contributed by atoms with Gasteiger partial charge in [-0.1, -0.05) is 24.4 Å². The van der Waals surface area contributed by atoms with Gasteiger partial charge < -0.3 is 28.6 Å². The van der Waals surface area contributed by atoms with Crippen molar-refractivity contribution >= 4 is 28.5 Å². The van der Waals surface area contributed by atoms with E-state index in [1.165, 1.54) is 0 Å². The SMILES string of the molecule is Cc1c(CCC(=O)N2CC[C@@]3(O)CCCC[C@H]3C2)c(=O)oc2c(C)c(OCc3cc4c(cc3Cl)OCO4)ccc12. The zero-order valence-corrected chi connectivity index (χ0v) is 23.6. The Hall–Kier alpha value is -3.23. The number of benzene rings is 2. The average Bonchev–Trinajstić information content (AvgIpc) is 3.39. The molecule has 3 aromatic rings. The highest BCUT2D eigenvalue weighted by Gasteiger charge is 2.43. The summed E-state index contributed by atoms with van der Waals surface area (Å²) < 4.78 is 22.6. The molecule has 2 atom stereocenters. The number of aryl methyl sites for hydroxylation is 2. The van der Waals surface area contributed by atoms with Gasteiger partial charge in [0.1, 0.15) is 17.9 Å². The van der Waals surface area contributed by atoms with Gasteiger partial charge in [0, 0.05) is 53.6 Å². The fraction of sp³-hybridized carbons (Fsp3) is 0.484. The zero-order chi connectivity index (χ0) is 28.0. The molecule has 9 heteroatoms. The van der Waals surface area contributed by atoms with Crippen LogP contribution in [0.5, 0.6) is 17.2 Å². The highest BCUT2D eigenvalue weighted by atomic mass is 35.5. The third kappa shape index (κ3) is 4.92. The number of carbonyl (C=O) groups is 1. The van der Waals surface area contributed by atoms with Crippen LogP contribution in [0.1, 0.15) is 60.8 Å². The van der Waals surface area contributed by atoms with E-state index in [1.54, 1.807) is 12.1 Å². The first-order chi connectivity index (χ1) is 19.2. The van der Waals surface area contributed by atoms with Crippen LogP contribution in [-0.4, -0.2) is 41.4 Å². The maximum absolute atomic E-state index is 13.1. The van der Waals surface area contributed by atoms with Crippen LogP contribution >= 0.6 is 11.6 Å². The number of hydrogen-bond donors (Lipinski definition) is 1. The third-order valence-corrected chi connectivity index (χ3v) is 9.30. The number of carbonyl (C=O) groups excluding carboxylic acids is 1. The largest absolute Gasteiger partial charge is 0.488 e. The van der Waals surface area contributed by atoms with Crippen molar-refractivity contribution in [2.45, 2.75) is 71.0 Å². The highest BCUT2D eigenvalue weighted by molar-refractivity contribution is 6.31. The quantitative estimate of drug-likeness (QED) is 0.395. The summed E-state index contributed by atoms with van der Waals surface area (Å²) in [5, 5.41) is 12.3. The number of amides is 1. The zero-order valence-electron chi connectivity index (χ0n) is 22.9. The second-order valence-corrected chi connectivity index (χ2v) is 11.7. The molecule has 1 saturated carbocycles. The van der Waals surface area contributed by atoms with Gasteiger partial charge in [-0.2, -0.15) is 0 Å². The Morgan fingerprint density at radius 2 is 1.95 bits per heavy atom. The molecule has 2 fully saturated rings. The van der Waals surface area contributed by atoms with Gasteiger partial charge in [0.05, 0.1) is 10.6 Å². The first kappa shape index (κ1) is 27.0. The number of ether oxygens (including phenoxy) is 3. The summed E-state index contributed by atoms with van der Waals surface area (Å²) in [6, 6.07) is 7.26. The molecule has 0 unspecified atom stereocenters. The Bertz CT molecular complexity index is 1530. The maximum Gasteiger partial charge on any atom is 0.339 e. The molecule has 40 heavy (non-hydrogen) atoms. The minimum Gasteiger partial charge on any atom is -0.488 e. The van der Waals surface area contributed by atoms with Crippen molar-refractivity contribution in [2.24, 2.45) is 5.92 Å². The number of piperidine rings is 1. The summed E-state index contributed by atoms with van der Waals surface area (Å²) in [4.78, 5) is 28.0. The lowest BCUT2D eigenvalue weighted by molar-refractivity contribution is -0.143. The Balaban J connectivity index is 1.15. The molecule has 3 aliphatic rings. The topological polar surface area (TPSA) is 98.4 Å². The molecular weight excluding hydrogens is 534 g/mol. The van der Waals surface area contributed by atoms with Crippen LogP contribution in [0.25, 0.3) is 11.0 Å². The summed E-state index contributed by atoms with van der Waals surface area (Å²) in [5.41, 5.74) is 2.22.